The molecule has 0 spiro atoms. The van der Waals surface area contributed by atoms with Crippen LogP contribution in [0.3, 0.4) is 0 Å². The lowest BCUT2D eigenvalue weighted by Crippen LogP contribution is -2.27. The van der Waals surface area contributed by atoms with Crippen molar-refractivity contribution >= 4 is 22.8 Å². The van der Waals surface area contributed by atoms with Crippen molar-refractivity contribution in [2.75, 3.05) is 12.8 Å². The van der Waals surface area contributed by atoms with E-state index in [1.54, 1.807) is 46.1 Å². The van der Waals surface area contributed by atoms with Crippen molar-refractivity contribution in [1.29, 1.82) is 0 Å². The summed E-state index contributed by atoms with van der Waals surface area (Å²) in [6.07, 6.45) is -0.567. The first-order chi connectivity index (χ1) is 8.81. The molecule has 0 amide bonds. The molecule has 0 aliphatic carbocycles. The van der Waals surface area contributed by atoms with Gasteiger partial charge in [-0.2, -0.15) is 4.68 Å². The zero-order valence-corrected chi connectivity index (χ0v) is 11.4. The third kappa shape index (κ3) is 2.62. The topological polar surface area (TPSA) is 79.4 Å². The molecule has 0 radical (unpaired) electrons. The second kappa shape index (κ2) is 4.46. The maximum Gasteiger partial charge on any atom is 0.435 e. The van der Waals surface area contributed by atoms with E-state index in [0.717, 1.165) is 4.68 Å². The van der Waals surface area contributed by atoms with Crippen LogP contribution in [0.15, 0.2) is 18.2 Å². The molecular weight excluding hydrogens is 246 g/mol. The SMILES string of the molecule is COc1ccc2c(N)nn(C(=O)OC(C)(C)C)c2c1. The molecule has 1 aromatic carbocycles. The summed E-state index contributed by atoms with van der Waals surface area (Å²) in [5, 5.41) is 4.70. The Kier molecular flexibility index (Phi) is 3.09. The van der Waals surface area contributed by atoms with Gasteiger partial charge in [-0.25, -0.2) is 4.79 Å². The van der Waals surface area contributed by atoms with E-state index in [0.29, 0.717) is 16.7 Å². The number of fused-ring (bicyclic) bond motifs is 1. The molecule has 102 valence electrons. The minimum absolute atomic E-state index is 0.281. The predicted molar refractivity (Wildman–Crippen MR) is 72.3 cm³/mol. The summed E-state index contributed by atoms with van der Waals surface area (Å²) in [6.45, 7) is 5.38. The highest BCUT2D eigenvalue weighted by atomic mass is 16.6. The van der Waals surface area contributed by atoms with Crippen LogP contribution in [-0.2, 0) is 4.74 Å². The number of carbonyl (C=O) groups excluding carboxylic acids is 1. The molecular formula is C13H17N3O3. The number of methoxy groups -OCH3 is 1. The summed E-state index contributed by atoms with van der Waals surface area (Å²) in [6, 6.07) is 5.22. The Morgan fingerprint density at radius 1 is 1.37 bits per heavy atom. The molecule has 0 unspecified atom stereocenters. The first kappa shape index (κ1) is 13.2. The van der Waals surface area contributed by atoms with Gasteiger partial charge in [0, 0.05) is 11.5 Å². The molecule has 2 aromatic rings. The van der Waals surface area contributed by atoms with Gasteiger partial charge in [-0.15, -0.1) is 5.10 Å². The Morgan fingerprint density at radius 2 is 2.05 bits per heavy atom. The van der Waals surface area contributed by atoms with Gasteiger partial charge in [0.2, 0.25) is 0 Å². The number of nitrogen functional groups attached to an aromatic ring is 1. The number of nitrogens with two attached hydrogens (primary N) is 1. The van der Waals surface area contributed by atoms with Crippen LogP contribution < -0.4 is 10.5 Å². The van der Waals surface area contributed by atoms with Gasteiger partial charge in [-0.05, 0) is 32.9 Å². The van der Waals surface area contributed by atoms with Crippen LogP contribution in [0, 0.1) is 0 Å². The number of carbonyl (C=O) groups is 1. The number of benzene rings is 1. The molecule has 0 aliphatic heterocycles. The Balaban J connectivity index is 2.51. The summed E-state index contributed by atoms with van der Waals surface area (Å²) >= 11 is 0. The molecule has 0 saturated carbocycles. The second-order valence-electron chi connectivity index (χ2n) is 5.16. The quantitative estimate of drug-likeness (QED) is 0.854. The number of aromatic nitrogens is 2. The van der Waals surface area contributed by atoms with E-state index in [-0.39, 0.29) is 5.82 Å². The molecule has 0 atom stereocenters. The van der Waals surface area contributed by atoms with Crippen molar-refractivity contribution in [2.24, 2.45) is 0 Å². The first-order valence-corrected chi connectivity index (χ1v) is 5.87. The molecule has 0 saturated heterocycles. The van der Waals surface area contributed by atoms with E-state index in [1.165, 1.54) is 0 Å². The summed E-state index contributed by atoms with van der Waals surface area (Å²) in [7, 11) is 1.55. The molecule has 2 rings (SSSR count). The number of anilines is 1. The van der Waals surface area contributed by atoms with Crippen molar-refractivity contribution in [3.63, 3.8) is 0 Å². The number of hydrogen-bond donors (Lipinski definition) is 1. The summed E-state index contributed by atoms with van der Waals surface area (Å²) in [4.78, 5) is 12.1. The molecule has 2 N–H and O–H groups in total. The Labute approximate surface area is 111 Å². The summed E-state index contributed by atoms with van der Waals surface area (Å²) in [5.41, 5.74) is 5.76. The maximum atomic E-state index is 12.1. The Hall–Kier alpha value is -2.24. The minimum Gasteiger partial charge on any atom is -0.497 e. The Bertz CT molecular complexity index is 626. The molecule has 6 heteroatoms. The minimum atomic E-state index is -0.594. The molecule has 0 aliphatic rings. The van der Waals surface area contributed by atoms with Gasteiger partial charge < -0.3 is 15.2 Å². The fourth-order valence-electron chi connectivity index (χ4n) is 1.69. The molecule has 19 heavy (non-hydrogen) atoms. The Morgan fingerprint density at radius 3 is 2.63 bits per heavy atom. The van der Waals surface area contributed by atoms with Crippen LogP contribution in [0.1, 0.15) is 20.8 Å². The van der Waals surface area contributed by atoms with Crippen LogP contribution in [0.25, 0.3) is 10.9 Å². The van der Waals surface area contributed by atoms with Gasteiger partial charge in [0.15, 0.2) is 5.82 Å². The van der Waals surface area contributed by atoms with Crippen molar-refractivity contribution in [2.45, 2.75) is 26.4 Å². The zero-order chi connectivity index (χ0) is 14.2. The maximum absolute atomic E-state index is 12.1. The lowest BCUT2D eigenvalue weighted by Gasteiger charge is -2.19. The zero-order valence-electron chi connectivity index (χ0n) is 11.4. The van der Waals surface area contributed by atoms with E-state index in [9.17, 15) is 4.79 Å². The van der Waals surface area contributed by atoms with Gasteiger partial charge >= 0.3 is 6.09 Å². The summed E-state index contributed by atoms with van der Waals surface area (Å²) in [5.74, 6) is 0.903. The smallest absolute Gasteiger partial charge is 0.435 e. The third-order valence-electron chi connectivity index (χ3n) is 2.48. The van der Waals surface area contributed by atoms with Crippen LogP contribution in [0.4, 0.5) is 10.6 Å². The number of rotatable bonds is 1. The fraction of sp³-hybridized carbons (Fsp3) is 0.385. The highest BCUT2D eigenvalue weighted by Crippen LogP contribution is 2.25. The summed E-state index contributed by atoms with van der Waals surface area (Å²) < 4.78 is 11.6. The van der Waals surface area contributed by atoms with Gasteiger partial charge in [-0.1, -0.05) is 0 Å². The van der Waals surface area contributed by atoms with Gasteiger partial charge in [0.25, 0.3) is 0 Å². The monoisotopic (exact) mass is 263 g/mol. The fourth-order valence-corrected chi connectivity index (χ4v) is 1.69. The second-order valence-corrected chi connectivity index (χ2v) is 5.16. The third-order valence-corrected chi connectivity index (χ3v) is 2.48. The van der Waals surface area contributed by atoms with Crippen LogP contribution in [-0.4, -0.2) is 28.6 Å². The number of nitrogens with zero attached hydrogens (tertiary/aromatic N) is 2. The van der Waals surface area contributed by atoms with E-state index < -0.39 is 11.7 Å². The average molecular weight is 263 g/mol. The van der Waals surface area contributed by atoms with Crippen molar-refractivity contribution in [3.8, 4) is 5.75 Å². The van der Waals surface area contributed by atoms with Gasteiger partial charge in [0.05, 0.1) is 12.6 Å². The van der Waals surface area contributed by atoms with E-state index in [1.807, 2.05) is 0 Å². The van der Waals surface area contributed by atoms with E-state index >= 15 is 0 Å². The lowest BCUT2D eigenvalue weighted by atomic mass is 10.2. The largest absolute Gasteiger partial charge is 0.497 e. The number of hydrogen-bond acceptors (Lipinski definition) is 5. The molecule has 6 nitrogen and oxygen atoms in total. The molecule has 0 bridgehead atoms. The first-order valence-electron chi connectivity index (χ1n) is 5.87. The standard InChI is InChI=1S/C13H17N3O3/c1-13(2,3)19-12(17)16-10-7-8(18-4)5-6-9(10)11(14)15-16/h5-7H,1-4H3,(H2,14,15). The van der Waals surface area contributed by atoms with Crippen molar-refractivity contribution in [1.82, 2.24) is 9.78 Å². The van der Waals surface area contributed by atoms with Crippen LogP contribution in [0.2, 0.25) is 0 Å². The lowest BCUT2D eigenvalue weighted by molar-refractivity contribution is 0.0523. The van der Waals surface area contributed by atoms with Crippen LogP contribution >= 0.6 is 0 Å². The van der Waals surface area contributed by atoms with Gasteiger partial charge in [-0.3, -0.25) is 0 Å². The van der Waals surface area contributed by atoms with Crippen LogP contribution in [0.5, 0.6) is 5.75 Å². The van der Waals surface area contributed by atoms with Crippen molar-refractivity contribution < 1.29 is 14.3 Å². The van der Waals surface area contributed by atoms with E-state index in [4.69, 9.17) is 15.2 Å². The highest BCUT2D eigenvalue weighted by molar-refractivity contribution is 5.95. The predicted octanol–water partition coefficient (Wildman–Crippen LogP) is 2.41. The average Bonchev–Trinajstić information content (AvgIpc) is 2.64. The highest BCUT2D eigenvalue weighted by Gasteiger charge is 2.21. The van der Waals surface area contributed by atoms with Gasteiger partial charge in [0.1, 0.15) is 11.4 Å². The molecule has 1 heterocycles. The number of ether oxygens (including phenoxy) is 2. The van der Waals surface area contributed by atoms with E-state index in [2.05, 4.69) is 5.10 Å². The van der Waals surface area contributed by atoms with Crippen molar-refractivity contribution in [3.05, 3.63) is 18.2 Å². The normalized spacial score (nSPS) is 11.6. The molecule has 0 fully saturated rings. The molecule has 1 aromatic heterocycles.